The van der Waals surface area contributed by atoms with Crippen molar-refractivity contribution in [1.29, 1.82) is 0 Å². The molecule has 0 spiro atoms. The minimum absolute atomic E-state index is 0.114. The molecule has 7 heteroatoms. The van der Waals surface area contributed by atoms with Crippen molar-refractivity contribution in [1.82, 2.24) is 9.80 Å². The molecular weight excluding hydrogens is 294 g/mol. The van der Waals surface area contributed by atoms with Crippen molar-refractivity contribution in [2.45, 2.75) is 18.9 Å². The van der Waals surface area contributed by atoms with Crippen LogP contribution in [0.15, 0.2) is 18.2 Å². The number of halogens is 1. The molecule has 1 heterocycles. The third-order valence-electron chi connectivity index (χ3n) is 3.86. The second kappa shape index (κ2) is 6.41. The van der Waals surface area contributed by atoms with Gasteiger partial charge in [-0.15, -0.1) is 0 Å². The van der Waals surface area contributed by atoms with Gasteiger partial charge in [-0.25, -0.2) is 0 Å². The van der Waals surface area contributed by atoms with Crippen LogP contribution in [0.25, 0.3) is 0 Å². The van der Waals surface area contributed by atoms with E-state index in [2.05, 4.69) is 4.90 Å². The number of nitro groups is 1. The van der Waals surface area contributed by atoms with Gasteiger partial charge < -0.3 is 9.80 Å². The fourth-order valence-corrected chi connectivity index (χ4v) is 2.86. The summed E-state index contributed by atoms with van der Waals surface area (Å²) in [5.41, 5.74) is 0.189. The van der Waals surface area contributed by atoms with Gasteiger partial charge in [0, 0.05) is 31.8 Å². The zero-order valence-corrected chi connectivity index (χ0v) is 12.8. The quantitative estimate of drug-likeness (QED) is 0.635. The molecule has 21 heavy (non-hydrogen) atoms. The average Bonchev–Trinajstić information content (AvgIpc) is 2.45. The molecule has 114 valence electrons. The third kappa shape index (κ3) is 3.51. The molecule has 2 rings (SSSR count). The van der Waals surface area contributed by atoms with E-state index in [-0.39, 0.29) is 22.7 Å². The second-order valence-corrected chi connectivity index (χ2v) is 5.80. The van der Waals surface area contributed by atoms with Gasteiger partial charge in [0.1, 0.15) is 0 Å². The summed E-state index contributed by atoms with van der Waals surface area (Å²) in [4.78, 5) is 26.5. The van der Waals surface area contributed by atoms with E-state index in [1.807, 2.05) is 7.05 Å². The van der Waals surface area contributed by atoms with Crippen LogP contribution in [-0.2, 0) is 0 Å². The number of carbonyl (C=O) groups is 1. The number of non-ortho nitro benzene ring substituents is 1. The minimum atomic E-state index is -0.528. The maximum absolute atomic E-state index is 12.5. The number of hydrogen-bond donors (Lipinski definition) is 0. The lowest BCUT2D eigenvalue weighted by atomic mass is 10.0. The molecular formula is C14H18ClN3O3. The average molecular weight is 312 g/mol. The van der Waals surface area contributed by atoms with Crippen molar-refractivity contribution in [3.63, 3.8) is 0 Å². The molecule has 1 saturated heterocycles. The lowest BCUT2D eigenvalue weighted by Gasteiger charge is -2.36. The van der Waals surface area contributed by atoms with Gasteiger partial charge in [-0.2, -0.15) is 0 Å². The van der Waals surface area contributed by atoms with Gasteiger partial charge in [-0.05, 0) is 32.5 Å². The van der Waals surface area contributed by atoms with Gasteiger partial charge in [-0.1, -0.05) is 11.6 Å². The molecule has 1 amide bonds. The topological polar surface area (TPSA) is 66.7 Å². The SMILES string of the molecule is CN1CCCC(N(C)C(=O)c2ccc([N+](=O)[O-])cc2Cl)C1. The van der Waals surface area contributed by atoms with Crippen LogP contribution in [0.1, 0.15) is 23.2 Å². The summed E-state index contributed by atoms with van der Waals surface area (Å²) in [6, 6.07) is 4.09. The maximum Gasteiger partial charge on any atom is 0.270 e. The number of benzene rings is 1. The van der Waals surface area contributed by atoms with Crippen LogP contribution in [0.2, 0.25) is 5.02 Å². The fourth-order valence-electron chi connectivity index (χ4n) is 2.60. The number of likely N-dealkylation sites (tertiary alicyclic amines) is 1. The van der Waals surface area contributed by atoms with Crippen LogP contribution >= 0.6 is 11.6 Å². The van der Waals surface area contributed by atoms with E-state index in [9.17, 15) is 14.9 Å². The number of likely N-dealkylation sites (N-methyl/N-ethyl adjacent to an activating group) is 2. The maximum atomic E-state index is 12.5. The highest BCUT2D eigenvalue weighted by Crippen LogP contribution is 2.25. The second-order valence-electron chi connectivity index (χ2n) is 5.40. The predicted octanol–water partition coefficient (Wildman–Crippen LogP) is 2.41. The third-order valence-corrected chi connectivity index (χ3v) is 4.17. The number of rotatable bonds is 3. The van der Waals surface area contributed by atoms with Crippen LogP contribution in [0.3, 0.4) is 0 Å². The molecule has 1 aromatic carbocycles. The first-order valence-corrected chi connectivity index (χ1v) is 7.17. The van der Waals surface area contributed by atoms with Gasteiger partial charge in [0.15, 0.2) is 0 Å². The summed E-state index contributed by atoms with van der Waals surface area (Å²) >= 11 is 6.02. The Kier molecular flexibility index (Phi) is 4.80. The van der Waals surface area contributed by atoms with Crippen LogP contribution < -0.4 is 0 Å². The summed E-state index contributed by atoms with van der Waals surface area (Å²) in [5, 5.41) is 10.8. The van der Waals surface area contributed by atoms with Crippen LogP contribution in [0.4, 0.5) is 5.69 Å². The van der Waals surface area contributed by atoms with Crippen LogP contribution in [-0.4, -0.2) is 53.9 Å². The Labute approximate surface area is 128 Å². The van der Waals surface area contributed by atoms with Crippen molar-refractivity contribution < 1.29 is 9.72 Å². The largest absolute Gasteiger partial charge is 0.337 e. The standard InChI is InChI=1S/C14H18ClN3O3/c1-16-7-3-4-11(9-16)17(2)14(19)12-6-5-10(18(20)21)8-13(12)15/h5-6,8,11H,3-4,7,9H2,1-2H3. The summed E-state index contributed by atoms with van der Waals surface area (Å²) in [6.45, 7) is 1.86. The molecule has 0 bridgehead atoms. The summed E-state index contributed by atoms with van der Waals surface area (Å²) in [7, 11) is 3.78. The van der Waals surface area contributed by atoms with E-state index in [4.69, 9.17) is 11.6 Å². The van der Waals surface area contributed by atoms with E-state index in [0.717, 1.165) is 25.9 Å². The van der Waals surface area contributed by atoms with Crippen LogP contribution in [0.5, 0.6) is 0 Å². The summed E-state index contributed by atoms with van der Waals surface area (Å²) in [5.74, 6) is -0.199. The molecule has 1 aromatic rings. The van der Waals surface area contributed by atoms with Crippen molar-refractivity contribution in [3.05, 3.63) is 38.9 Å². The first kappa shape index (κ1) is 15.7. The molecule has 1 aliphatic heterocycles. The Hall–Kier alpha value is -1.66. The zero-order valence-electron chi connectivity index (χ0n) is 12.1. The highest BCUT2D eigenvalue weighted by atomic mass is 35.5. The first-order valence-electron chi connectivity index (χ1n) is 6.80. The van der Waals surface area contributed by atoms with Crippen molar-refractivity contribution in [2.75, 3.05) is 27.2 Å². The van der Waals surface area contributed by atoms with Crippen molar-refractivity contribution in [2.24, 2.45) is 0 Å². The molecule has 0 saturated carbocycles. The van der Waals surface area contributed by atoms with Gasteiger partial charge in [0.2, 0.25) is 0 Å². The molecule has 0 radical (unpaired) electrons. The Morgan fingerprint density at radius 2 is 2.24 bits per heavy atom. The van der Waals surface area contributed by atoms with Gasteiger partial charge in [-0.3, -0.25) is 14.9 Å². The highest BCUT2D eigenvalue weighted by molar-refractivity contribution is 6.34. The van der Waals surface area contributed by atoms with E-state index in [0.29, 0.717) is 5.56 Å². The molecule has 0 N–H and O–H groups in total. The number of nitrogens with zero attached hydrogens (tertiary/aromatic N) is 3. The van der Waals surface area contributed by atoms with Gasteiger partial charge in [0.05, 0.1) is 15.5 Å². The van der Waals surface area contributed by atoms with E-state index >= 15 is 0 Å². The Bertz CT molecular complexity index is 564. The van der Waals surface area contributed by atoms with Crippen molar-refractivity contribution >= 4 is 23.2 Å². The predicted molar refractivity (Wildman–Crippen MR) is 80.7 cm³/mol. The zero-order chi connectivity index (χ0) is 15.6. The van der Waals surface area contributed by atoms with E-state index < -0.39 is 4.92 Å². The number of amides is 1. The number of carbonyl (C=O) groups excluding carboxylic acids is 1. The smallest absolute Gasteiger partial charge is 0.270 e. The Morgan fingerprint density at radius 1 is 1.52 bits per heavy atom. The lowest BCUT2D eigenvalue weighted by Crippen LogP contribution is -2.47. The molecule has 0 aliphatic carbocycles. The normalized spacial score (nSPS) is 19.3. The highest BCUT2D eigenvalue weighted by Gasteiger charge is 2.26. The first-order chi connectivity index (χ1) is 9.90. The number of nitro benzene ring substituents is 1. The number of hydrogen-bond acceptors (Lipinski definition) is 4. The van der Waals surface area contributed by atoms with Gasteiger partial charge in [0.25, 0.3) is 11.6 Å². The molecule has 1 aliphatic rings. The minimum Gasteiger partial charge on any atom is -0.337 e. The fraction of sp³-hybridized carbons (Fsp3) is 0.500. The molecule has 1 atom stereocenters. The van der Waals surface area contributed by atoms with E-state index in [1.54, 1.807) is 11.9 Å². The van der Waals surface area contributed by atoms with E-state index in [1.165, 1.54) is 18.2 Å². The lowest BCUT2D eigenvalue weighted by molar-refractivity contribution is -0.384. The summed E-state index contributed by atoms with van der Waals surface area (Å²) in [6.07, 6.45) is 2.00. The molecule has 0 aromatic heterocycles. The summed E-state index contributed by atoms with van der Waals surface area (Å²) < 4.78 is 0. The molecule has 1 fully saturated rings. The Balaban J connectivity index is 2.17. The molecule has 1 unspecified atom stereocenters. The van der Waals surface area contributed by atoms with Crippen molar-refractivity contribution in [3.8, 4) is 0 Å². The Morgan fingerprint density at radius 3 is 2.81 bits per heavy atom. The van der Waals surface area contributed by atoms with Gasteiger partial charge >= 0.3 is 0 Å². The monoisotopic (exact) mass is 311 g/mol. The number of piperidine rings is 1. The van der Waals surface area contributed by atoms with Crippen LogP contribution in [0, 0.1) is 10.1 Å². The molecule has 6 nitrogen and oxygen atoms in total.